The molecule has 1 saturated carbocycles. The first-order valence-corrected chi connectivity index (χ1v) is 12.8. The van der Waals surface area contributed by atoms with Gasteiger partial charge in [-0.25, -0.2) is 0 Å². The van der Waals surface area contributed by atoms with Gasteiger partial charge in [0.25, 0.3) is 0 Å². The molecule has 1 unspecified atom stereocenters. The molecule has 0 aromatic rings. The molecule has 0 aromatic carbocycles. The number of rotatable bonds is 18. The SMILES string of the molecule is COC(=O)CCN(CCC(C)=O)CC(CC1CCC(N)CC1)CN(CCC(C)=O)CCC(C)=O. The van der Waals surface area contributed by atoms with Crippen LogP contribution in [-0.4, -0.2) is 85.5 Å². The fourth-order valence-corrected chi connectivity index (χ4v) is 4.72. The van der Waals surface area contributed by atoms with E-state index in [1.54, 1.807) is 20.8 Å². The topological polar surface area (TPSA) is 110 Å². The number of methoxy groups -OCH3 is 1. The smallest absolute Gasteiger partial charge is 0.306 e. The van der Waals surface area contributed by atoms with Crippen LogP contribution >= 0.6 is 0 Å². The number of ketones is 3. The molecule has 0 amide bonds. The number of Topliss-reactive ketones (excluding diaryl/α,β-unsaturated/α-hetero) is 3. The summed E-state index contributed by atoms with van der Waals surface area (Å²) < 4.78 is 4.82. The Balaban J connectivity index is 2.95. The van der Waals surface area contributed by atoms with Crippen molar-refractivity contribution in [3.8, 4) is 0 Å². The molecule has 0 saturated heterocycles. The second-order valence-electron chi connectivity index (χ2n) is 10.2. The van der Waals surface area contributed by atoms with E-state index in [2.05, 4.69) is 9.80 Å². The van der Waals surface area contributed by atoms with Crippen LogP contribution in [0.3, 0.4) is 0 Å². The van der Waals surface area contributed by atoms with Crippen molar-refractivity contribution in [1.29, 1.82) is 0 Å². The van der Waals surface area contributed by atoms with E-state index in [9.17, 15) is 19.2 Å². The lowest BCUT2D eigenvalue weighted by molar-refractivity contribution is -0.141. The number of ether oxygens (including phenoxy) is 1. The van der Waals surface area contributed by atoms with E-state index in [4.69, 9.17) is 10.5 Å². The normalized spacial score (nSPS) is 19.3. The van der Waals surface area contributed by atoms with E-state index in [1.165, 1.54) is 7.11 Å². The van der Waals surface area contributed by atoms with Crippen LogP contribution in [0.15, 0.2) is 0 Å². The Morgan fingerprint density at radius 3 is 1.56 bits per heavy atom. The zero-order chi connectivity index (χ0) is 25.5. The van der Waals surface area contributed by atoms with Gasteiger partial charge >= 0.3 is 5.97 Å². The molecule has 1 aliphatic carbocycles. The second kappa shape index (κ2) is 16.9. The molecule has 8 nitrogen and oxygen atoms in total. The van der Waals surface area contributed by atoms with Crippen LogP contribution in [0, 0.1) is 11.8 Å². The zero-order valence-corrected chi connectivity index (χ0v) is 21.9. The van der Waals surface area contributed by atoms with E-state index in [-0.39, 0.29) is 29.7 Å². The predicted molar refractivity (Wildman–Crippen MR) is 133 cm³/mol. The van der Waals surface area contributed by atoms with Crippen molar-refractivity contribution in [3.63, 3.8) is 0 Å². The highest BCUT2D eigenvalue weighted by molar-refractivity contribution is 5.76. The third-order valence-electron chi connectivity index (χ3n) is 6.79. The lowest BCUT2D eigenvalue weighted by Gasteiger charge is -2.35. The van der Waals surface area contributed by atoms with E-state index in [0.29, 0.717) is 63.3 Å². The van der Waals surface area contributed by atoms with Crippen molar-refractivity contribution in [3.05, 3.63) is 0 Å². The molecule has 1 rings (SSSR count). The first-order valence-electron chi connectivity index (χ1n) is 12.8. The monoisotopic (exact) mass is 481 g/mol. The maximum absolute atomic E-state index is 11.8. The van der Waals surface area contributed by atoms with Crippen LogP contribution in [0.25, 0.3) is 0 Å². The second-order valence-corrected chi connectivity index (χ2v) is 10.2. The molecular formula is C26H47N3O5. The fourth-order valence-electron chi connectivity index (χ4n) is 4.72. The summed E-state index contributed by atoms with van der Waals surface area (Å²) in [7, 11) is 1.39. The van der Waals surface area contributed by atoms with E-state index >= 15 is 0 Å². The Morgan fingerprint density at radius 1 is 0.765 bits per heavy atom. The number of hydrogen-bond acceptors (Lipinski definition) is 8. The third kappa shape index (κ3) is 14.6. The molecule has 0 spiro atoms. The summed E-state index contributed by atoms with van der Waals surface area (Å²) in [6.07, 6.45) is 7.06. The average Bonchev–Trinajstić information content (AvgIpc) is 2.78. The minimum absolute atomic E-state index is 0.130. The fraction of sp³-hybridized carbons (Fsp3) is 0.846. The number of hydrogen-bond donors (Lipinski definition) is 1. The van der Waals surface area contributed by atoms with Gasteiger partial charge in [0.1, 0.15) is 17.3 Å². The lowest BCUT2D eigenvalue weighted by atomic mass is 9.80. The van der Waals surface area contributed by atoms with Gasteiger partial charge in [-0.1, -0.05) is 0 Å². The number of nitrogens with zero attached hydrogens (tertiary/aromatic N) is 2. The molecule has 0 aliphatic heterocycles. The van der Waals surface area contributed by atoms with Crippen LogP contribution < -0.4 is 5.73 Å². The highest BCUT2D eigenvalue weighted by Gasteiger charge is 2.25. The van der Waals surface area contributed by atoms with Crippen LogP contribution in [0.4, 0.5) is 0 Å². The summed E-state index contributed by atoms with van der Waals surface area (Å²) in [5.41, 5.74) is 6.12. The van der Waals surface area contributed by atoms with Crippen molar-refractivity contribution in [2.75, 3.05) is 46.4 Å². The molecule has 0 radical (unpaired) electrons. The van der Waals surface area contributed by atoms with Crippen molar-refractivity contribution < 1.29 is 23.9 Å². The lowest BCUT2D eigenvalue weighted by Crippen LogP contribution is -2.41. The van der Waals surface area contributed by atoms with Gasteiger partial charge < -0.3 is 20.3 Å². The number of carbonyl (C=O) groups is 4. The van der Waals surface area contributed by atoms with Crippen molar-refractivity contribution in [1.82, 2.24) is 9.80 Å². The molecular weight excluding hydrogens is 434 g/mol. The Morgan fingerprint density at radius 2 is 1.18 bits per heavy atom. The van der Waals surface area contributed by atoms with Gasteiger partial charge in [-0.2, -0.15) is 0 Å². The van der Waals surface area contributed by atoms with E-state index < -0.39 is 0 Å². The van der Waals surface area contributed by atoms with Crippen molar-refractivity contribution >= 4 is 23.3 Å². The number of esters is 1. The van der Waals surface area contributed by atoms with Crippen LogP contribution in [0.2, 0.25) is 0 Å². The van der Waals surface area contributed by atoms with E-state index in [1.807, 2.05) is 0 Å². The molecule has 8 heteroatoms. The number of nitrogens with two attached hydrogens (primary N) is 1. The minimum atomic E-state index is -0.254. The van der Waals surface area contributed by atoms with Gasteiger partial charge in [-0.3, -0.25) is 19.2 Å². The van der Waals surface area contributed by atoms with Gasteiger partial charge in [0.15, 0.2) is 0 Å². The van der Waals surface area contributed by atoms with E-state index in [0.717, 1.165) is 45.2 Å². The van der Waals surface area contributed by atoms with Gasteiger partial charge in [0, 0.05) is 64.6 Å². The van der Waals surface area contributed by atoms with Gasteiger partial charge in [-0.15, -0.1) is 0 Å². The first-order chi connectivity index (χ1) is 16.1. The van der Waals surface area contributed by atoms with Gasteiger partial charge in [-0.05, 0) is 64.7 Å². The average molecular weight is 482 g/mol. The molecule has 1 aliphatic rings. The molecule has 0 bridgehead atoms. The summed E-state index contributed by atoms with van der Waals surface area (Å²) >= 11 is 0. The molecule has 1 atom stereocenters. The van der Waals surface area contributed by atoms with Crippen LogP contribution in [-0.2, 0) is 23.9 Å². The quantitative estimate of drug-likeness (QED) is 0.298. The highest BCUT2D eigenvalue weighted by atomic mass is 16.5. The summed E-state index contributed by atoms with van der Waals surface area (Å²) in [6, 6.07) is 0.296. The number of carbonyl (C=O) groups excluding carboxylic acids is 4. The Bertz CT molecular complexity index is 628. The predicted octanol–water partition coefficient (Wildman–Crippen LogP) is 2.61. The van der Waals surface area contributed by atoms with Gasteiger partial charge in [0.05, 0.1) is 13.5 Å². The van der Waals surface area contributed by atoms with Gasteiger partial charge in [0.2, 0.25) is 0 Å². The molecule has 0 aromatic heterocycles. The Kier molecular flexibility index (Phi) is 15.1. The third-order valence-corrected chi connectivity index (χ3v) is 6.79. The maximum atomic E-state index is 11.8. The highest BCUT2D eigenvalue weighted by Crippen LogP contribution is 2.29. The molecule has 2 N–H and O–H groups in total. The Hall–Kier alpha value is -1.64. The minimum Gasteiger partial charge on any atom is -0.469 e. The van der Waals surface area contributed by atoms with Crippen LogP contribution in [0.5, 0.6) is 0 Å². The Labute approximate surface area is 205 Å². The largest absolute Gasteiger partial charge is 0.469 e. The molecule has 0 heterocycles. The van der Waals surface area contributed by atoms with Crippen LogP contribution in [0.1, 0.15) is 78.6 Å². The summed E-state index contributed by atoms with van der Waals surface area (Å²) in [4.78, 5) is 51.1. The maximum Gasteiger partial charge on any atom is 0.306 e. The molecule has 1 fully saturated rings. The summed E-state index contributed by atoms with van der Waals surface area (Å²) in [5, 5.41) is 0. The first kappa shape index (κ1) is 30.4. The summed E-state index contributed by atoms with van der Waals surface area (Å²) in [5.74, 6) is 1.07. The molecule has 196 valence electrons. The van der Waals surface area contributed by atoms with Crippen molar-refractivity contribution in [2.24, 2.45) is 17.6 Å². The standard InChI is InChI=1S/C26H47N3O5/c1-20(30)9-13-28(14-10-21(2)31)18-24(17-23-5-7-25(27)8-6-23)19-29(15-11-22(3)32)16-12-26(33)34-4/h23-25H,5-19,27H2,1-4H3. The van der Waals surface area contributed by atoms with Crippen molar-refractivity contribution in [2.45, 2.75) is 84.6 Å². The zero-order valence-electron chi connectivity index (χ0n) is 21.9. The summed E-state index contributed by atoms with van der Waals surface area (Å²) in [6.45, 7) is 8.79. The molecule has 34 heavy (non-hydrogen) atoms.